The van der Waals surface area contributed by atoms with Gasteiger partial charge in [0.2, 0.25) is 5.91 Å². The van der Waals surface area contributed by atoms with Crippen molar-refractivity contribution in [2.75, 3.05) is 37.7 Å². The molecule has 1 unspecified atom stereocenters. The minimum Gasteiger partial charge on any atom is -0.490 e. The topological polar surface area (TPSA) is 60.0 Å². The molecule has 4 rings (SSSR count). The van der Waals surface area contributed by atoms with Gasteiger partial charge in [-0.05, 0) is 24.3 Å². The number of hydrogen-bond acceptors (Lipinski definition) is 5. The number of nitrogens with one attached hydrogen (secondary N) is 1. The van der Waals surface area contributed by atoms with Crippen molar-refractivity contribution in [3.05, 3.63) is 48.5 Å². The van der Waals surface area contributed by atoms with Crippen LogP contribution in [0, 0.1) is 0 Å². The lowest BCUT2D eigenvalue weighted by atomic mass is 10.2. The second kappa shape index (κ2) is 6.93. The molecule has 2 heterocycles. The van der Waals surface area contributed by atoms with Gasteiger partial charge in [0.25, 0.3) is 0 Å². The Balaban J connectivity index is 1.31. The van der Waals surface area contributed by atoms with E-state index >= 15 is 0 Å². The number of ether oxygens (including phenoxy) is 3. The van der Waals surface area contributed by atoms with Gasteiger partial charge in [0.15, 0.2) is 11.5 Å². The van der Waals surface area contributed by atoms with E-state index < -0.39 is 0 Å². The standard InChI is InChI=1S/C19H20N2O4/c22-19(12-21-9-10-23-16-6-2-1-5-15(16)21)20-11-14-13-24-17-7-3-4-8-18(17)25-14/h1-8,14H,9-13H2,(H,20,22). The van der Waals surface area contributed by atoms with Crippen LogP contribution < -0.4 is 24.4 Å². The first kappa shape index (κ1) is 15.6. The van der Waals surface area contributed by atoms with Gasteiger partial charge in [-0.25, -0.2) is 0 Å². The Bertz CT molecular complexity index is 765. The predicted molar refractivity (Wildman–Crippen MR) is 93.5 cm³/mol. The van der Waals surface area contributed by atoms with E-state index in [0.717, 1.165) is 22.9 Å². The van der Waals surface area contributed by atoms with Crippen molar-refractivity contribution in [1.29, 1.82) is 0 Å². The normalized spacial score (nSPS) is 18.1. The van der Waals surface area contributed by atoms with Gasteiger partial charge in [-0.3, -0.25) is 4.79 Å². The fourth-order valence-electron chi connectivity index (χ4n) is 3.01. The molecule has 25 heavy (non-hydrogen) atoms. The highest BCUT2D eigenvalue weighted by Gasteiger charge is 2.23. The number of anilines is 1. The average molecular weight is 340 g/mol. The lowest BCUT2D eigenvalue weighted by Gasteiger charge is -2.31. The van der Waals surface area contributed by atoms with E-state index in [4.69, 9.17) is 14.2 Å². The van der Waals surface area contributed by atoms with E-state index in [0.29, 0.717) is 32.8 Å². The van der Waals surface area contributed by atoms with Crippen LogP contribution >= 0.6 is 0 Å². The van der Waals surface area contributed by atoms with Crippen molar-refractivity contribution < 1.29 is 19.0 Å². The van der Waals surface area contributed by atoms with Crippen LogP contribution in [0.25, 0.3) is 0 Å². The third-order valence-corrected chi connectivity index (χ3v) is 4.25. The van der Waals surface area contributed by atoms with Crippen molar-refractivity contribution in [3.63, 3.8) is 0 Å². The first-order valence-corrected chi connectivity index (χ1v) is 8.41. The quantitative estimate of drug-likeness (QED) is 0.920. The second-order valence-corrected chi connectivity index (χ2v) is 6.04. The van der Waals surface area contributed by atoms with Crippen molar-refractivity contribution in [2.24, 2.45) is 0 Å². The van der Waals surface area contributed by atoms with Crippen molar-refractivity contribution in [1.82, 2.24) is 5.32 Å². The zero-order chi connectivity index (χ0) is 17.1. The van der Waals surface area contributed by atoms with Crippen LogP contribution in [0.3, 0.4) is 0 Å². The first-order chi connectivity index (χ1) is 12.3. The minimum atomic E-state index is -0.184. The van der Waals surface area contributed by atoms with Gasteiger partial charge >= 0.3 is 0 Å². The van der Waals surface area contributed by atoms with Crippen molar-refractivity contribution >= 4 is 11.6 Å². The lowest BCUT2D eigenvalue weighted by Crippen LogP contribution is -2.45. The fraction of sp³-hybridized carbons (Fsp3) is 0.316. The van der Waals surface area contributed by atoms with E-state index in [-0.39, 0.29) is 12.0 Å². The summed E-state index contributed by atoms with van der Waals surface area (Å²) in [5, 5.41) is 2.93. The van der Waals surface area contributed by atoms with Crippen LogP contribution in [-0.4, -0.2) is 44.9 Å². The first-order valence-electron chi connectivity index (χ1n) is 8.41. The summed E-state index contributed by atoms with van der Waals surface area (Å²) in [5.74, 6) is 2.24. The zero-order valence-corrected chi connectivity index (χ0v) is 13.8. The molecule has 1 amide bonds. The molecule has 130 valence electrons. The van der Waals surface area contributed by atoms with E-state index in [1.807, 2.05) is 53.4 Å². The summed E-state index contributed by atoms with van der Waals surface area (Å²) in [6.07, 6.45) is -0.184. The summed E-state index contributed by atoms with van der Waals surface area (Å²) in [6.45, 7) is 2.42. The number of fused-ring (bicyclic) bond motifs is 2. The van der Waals surface area contributed by atoms with E-state index in [9.17, 15) is 4.79 Å². The number of benzene rings is 2. The molecule has 0 aliphatic carbocycles. The summed E-state index contributed by atoms with van der Waals surface area (Å²) >= 11 is 0. The van der Waals surface area contributed by atoms with Gasteiger partial charge in [0.05, 0.1) is 25.3 Å². The number of hydrogen-bond donors (Lipinski definition) is 1. The molecule has 0 aromatic heterocycles. The van der Waals surface area contributed by atoms with Gasteiger partial charge in [-0.1, -0.05) is 24.3 Å². The molecule has 0 spiro atoms. The summed E-state index contributed by atoms with van der Waals surface area (Å²) in [6, 6.07) is 15.3. The molecule has 0 radical (unpaired) electrons. The van der Waals surface area contributed by atoms with Crippen LogP contribution in [0.2, 0.25) is 0 Å². The number of nitrogens with zero attached hydrogens (tertiary/aromatic N) is 1. The maximum absolute atomic E-state index is 12.3. The molecule has 6 heteroatoms. The number of amides is 1. The van der Waals surface area contributed by atoms with E-state index in [2.05, 4.69) is 5.32 Å². The van der Waals surface area contributed by atoms with Gasteiger partial charge in [-0.2, -0.15) is 0 Å². The number of rotatable bonds is 4. The molecule has 2 aliphatic rings. The van der Waals surface area contributed by atoms with Crippen LogP contribution in [0.4, 0.5) is 5.69 Å². The molecule has 2 aromatic rings. The van der Waals surface area contributed by atoms with Gasteiger partial charge < -0.3 is 24.4 Å². The molecule has 0 saturated heterocycles. The number of carbonyl (C=O) groups excluding carboxylic acids is 1. The highest BCUT2D eigenvalue weighted by atomic mass is 16.6. The Morgan fingerprint density at radius 1 is 1.04 bits per heavy atom. The van der Waals surface area contributed by atoms with Crippen LogP contribution in [0.15, 0.2) is 48.5 Å². The average Bonchev–Trinajstić information content (AvgIpc) is 2.66. The summed E-state index contributed by atoms with van der Waals surface area (Å²) in [7, 11) is 0. The van der Waals surface area contributed by atoms with Crippen molar-refractivity contribution in [2.45, 2.75) is 6.10 Å². The molecule has 6 nitrogen and oxygen atoms in total. The Hall–Kier alpha value is -2.89. The Labute approximate surface area is 146 Å². The third-order valence-electron chi connectivity index (χ3n) is 4.25. The molecule has 2 aromatic carbocycles. The molecule has 1 atom stereocenters. The summed E-state index contributed by atoms with van der Waals surface area (Å²) in [5.41, 5.74) is 0.954. The Morgan fingerprint density at radius 3 is 2.68 bits per heavy atom. The lowest BCUT2D eigenvalue weighted by molar-refractivity contribution is -0.120. The van der Waals surface area contributed by atoms with Gasteiger partial charge in [-0.15, -0.1) is 0 Å². The van der Waals surface area contributed by atoms with Crippen LogP contribution in [-0.2, 0) is 4.79 Å². The molecule has 0 saturated carbocycles. The number of carbonyl (C=O) groups is 1. The van der Waals surface area contributed by atoms with Crippen LogP contribution in [0.1, 0.15) is 0 Å². The smallest absolute Gasteiger partial charge is 0.239 e. The summed E-state index contributed by atoms with van der Waals surface area (Å²) < 4.78 is 17.1. The van der Waals surface area contributed by atoms with Crippen LogP contribution in [0.5, 0.6) is 17.2 Å². The monoisotopic (exact) mass is 340 g/mol. The number of para-hydroxylation sites is 4. The maximum atomic E-state index is 12.3. The predicted octanol–water partition coefficient (Wildman–Crippen LogP) is 1.84. The molecule has 0 bridgehead atoms. The molecule has 1 N–H and O–H groups in total. The summed E-state index contributed by atoms with van der Waals surface area (Å²) in [4.78, 5) is 14.3. The van der Waals surface area contributed by atoms with Gasteiger partial charge in [0.1, 0.15) is 25.1 Å². The zero-order valence-electron chi connectivity index (χ0n) is 13.8. The fourth-order valence-corrected chi connectivity index (χ4v) is 3.01. The molecule has 0 fully saturated rings. The SMILES string of the molecule is O=C(CN1CCOc2ccccc21)NCC1COc2ccccc2O1. The highest BCUT2D eigenvalue weighted by molar-refractivity contribution is 5.82. The largest absolute Gasteiger partial charge is 0.490 e. The van der Waals surface area contributed by atoms with Gasteiger partial charge in [0, 0.05) is 0 Å². The Morgan fingerprint density at radius 2 is 1.80 bits per heavy atom. The Kier molecular flexibility index (Phi) is 4.33. The third kappa shape index (κ3) is 3.47. The minimum absolute atomic E-state index is 0.0424. The molecular weight excluding hydrogens is 320 g/mol. The second-order valence-electron chi connectivity index (χ2n) is 6.04. The molecular formula is C19H20N2O4. The van der Waals surface area contributed by atoms with E-state index in [1.54, 1.807) is 0 Å². The van der Waals surface area contributed by atoms with Crippen molar-refractivity contribution in [3.8, 4) is 17.2 Å². The molecule has 2 aliphatic heterocycles. The maximum Gasteiger partial charge on any atom is 0.239 e. The van der Waals surface area contributed by atoms with E-state index in [1.165, 1.54) is 0 Å². The highest BCUT2D eigenvalue weighted by Crippen LogP contribution is 2.31.